The third kappa shape index (κ3) is 3.08. The van der Waals surface area contributed by atoms with Crippen molar-refractivity contribution in [2.45, 2.75) is 19.5 Å². The van der Waals surface area contributed by atoms with E-state index < -0.39 is 12.0 Å². The fraction of sp³-hybridized carbons (Fsp3) is 0.375. The van der Waals surface area contributed by atoms with Crippen LogP contribution in [0.1, 0.15) is 29.3 Å². The number of rotatable bonds is 5. The van der Waals surface area contributed by atoms with Gasteiger partial charge in [-0.25, -0.2) is 9.48 Å². The number of H-pyrrole nitrogens is 1. The minimum Gasteiger partial charge on any atom is -0.476 e. The highest BCUT2D eigenvalue weighted by Crippen LogP contribution is 2.02. The average Bonchev–Trinajstić information content (AvgIpc) is 2.98. The van der Waals surface area contributed by atoms with Crippen molar-refractivity contribution in [2.75, 3.05) is 0 Å². The second-order valence-electron chi connectivity index (χ2n) is 3.67. The summed E-state index contributed by atoms with van der Waals surface area (Å²) < 4.78 is 1.13. The molecule has 2 aromatic heterocycles. The topological polar surface area (TPSA) is 152 Å². The Hall–Kier alpha value is -2.85. The number of nitrogens with zero attached hydrogens (tertiary/aromatic N) is 6. The van der Waals surface area contributed by atoms with E-state index in [-0.39, 0.29) is 18.1 Å². The lowest BCUT2D eigenvalue weighted by Crippen LogP contribution is -2.30. The molecule has 3 N–H and O–H groups in total. The molecule has 0 fully saturated rings. The summed E-state index contributed by atoms with van der Waals surface area (Å²) in [5.41, 5.74) is -0.223. The predicted molar refractivity (Wildman–Crippen MR) is 57.7 cm³/mol. The van der Waals surface area contributed by atoms with Gasteiger partial charge in [-0.15, -0.1) is 15.3 Å². The van der Waals surface area contributed by atoms with Crippen molar-refractivity contribution in [3.05, 3.63) is 17.7 Å². The molecule has 2 heterocycles. The molecule has 0 aliphatic carbocycles. The minimum absolute atomic E-state index is 0.150. The van der Waals surface area contributed by atoms with Crippen LogP contribution in [0.2, 0.25) is 0 Å². The Morgan fingerprint density at radius 3 is 2.89 bits per heavy atom. The van der Waals surface area contributed by atoms with Crippen molar-refractivity contribution in [3.63, 3.8) is 0 Å². The van der Waals surface area contributed by atoms with Crippen molar-refractivity contribution < 1.29 is 14.7 Å². The Kier molecular flexibility index (Phi) is 3.45. The number of tetrazole rings is 1. The maximum Gasteiger partial charge on any atom is 0.358 e. The third-order valence-corrected chi connectivity index (χ3v) is 2.19. The van der Waals surface area contributed by atoms with Crippen LogP contribution >= 0.6 is 0 Å². The van der Waals surface area contributed by atoms with Gasteiger partial charge in [0.05, 0.1) is 12.2 Å². The summed E-state index contributed by atoms with van der Waals surface area (Å²) in [6.45, 7) is 1.54. The van der Waals surface area contributed by atoms with Gasteiger partial charge in [-0.1, -0.05) is 10.4 Å². The Balaban J connectivity index is 1.92. The van der Waals surface area contributed by atoms with Crippen molar-refractivity contribution in [2.24, 2.45) is 0 Å². The summed E-state index contributed by atoms with van der Waals surface area (Å²) in [6.07, 6.45) is 1.17. The lowest BCUT2D eigenvalue weighted by Gasteiger charge is -2.09. The van der Waals surface area contributed by atoms with E-state index in [0.29, 0.717) is 5.82 Å². The van der Waals surface area contributed by atoms with Gasteiger partial charge in [0.2, 0.25) is 5.91 Å². The number of amides is 1. The number of carbonyl (C=O) groups excluding carboxylic acids is 1. The largest absolute Gasteiger partial charge is 0.476 e. The second-order valence-corrected chi connectivity index (χ2v) is 3.67. The Morgan fingerprint density at radius 2 is 2.32 bits per heavy atom. The molecule has 11 nitrogen and oxygen atoms in total. The molecule has 0 aliphatic heterocycles. The quantitative estimate of drug-likeness (QED) is 0.583. The van der Waals surface area contributed by atoms with Crippen LogP contribution in [0.4, 0.5) is 0 Å². The normalized spacial score (nSPS) is 12.1. The molecule has 0 aromatic carbocycles. The fourth-order valence-corrected chi connectivity index (χ4v) is 1.33. The van der Waals surface area contributed by atoms with Gasteiger partial charge in [-0.2, -0.15) is 5.21 Å². The fourth-order valence-electron chi connectivity index (χ4n) is 1.33. The molecule has 0 saturated carbocycles. The van der Waals surface area contributed by atoms with Gasteiger partial charge in [0, 0.05) is 0 Å². The maximum absolute atomic E-state index is 11.7. The number of carboxylic acids is 1. The van der Waals surface area contributed by atoms with Crippen molar-refractivity contribution in [1.29, 1.82) is 0 Å². The van der Waals surface area contributed by atoms with Crippen LogP contribution < -0.4 is 5.32 Å². The minimum atomic E-state index is -1.20. The summed E-state index contributed by atoms with van der Waals surface area (Å²) in [6, 6.07) is -0.422. The zero-order valence-electron chi connectivity index (χ0n) is 9.81. The summed E-state index contributed by atoms with van der Waals surface area (Å²) >= 11 is 0. The number of nitrogens with one attached hydrogen (secondary N) is 2. The highest BCUT2D eigenvalue weighted by molar-refractivity contribution is 5.84. The molecule has 1 unspecified atom stereocenters. The lowest BCUT2D eigenvalue weighted by molar-refractivity contribution is -0.122. The average molecular weight is 266 g/mol. The van der Waals surface area contributed by atoms with Crippen LogP contribution in [-0.4, -0.2) is 52.6 Å². The first-order valence-corrected chi connectivity index (χ1v) is 5.22. The van der Waals surface area contributed by atoms with Crippen molar-refractivity contribution in [1.82, 2.24) is 40.9 Å². The third-order valence-electron chi connectivity index (χ3n) is 2.19. The molecule has 2 aromatic rings. The Labute approximate surface area is 106 Å². The van der Waals surface area contributed by atoms with Crippen molar-refractivity contribution in [3.8, 4) is 0 Å². The van der Waals surface area contributed by atoms with E-state index in [0.717, 1.165) is 4.68 Å². The molecule has 11 heteroatoms. The number of carboxylic acid groups (broad SMARTS) is 1. The number of aromatic nitrogens is 7. The van der Waals surface area contributed by atoms with Crippen LogP contribution in [0.5, 0.6) is 0 Å². The van der Waals surface area contributed by atoms with Crippen LogP contribution in [0.15, 0.2) is 6.20 Å². The first-order valence-electron chi connectivity index (χ1n) is 5.22. The molecule has 0 aliphatic rings. The van der Waals surface area contributed by atoms with Gasteiger partial charge >= 0.3 is 5.97 Å². The molecular weight excluding hydrogens is 256 g/mol. The highest BCUT2D eigenvalue weighted by Gasteiger charge is 2.15. The van der Waals surface area contributed by atoms with Gasteiger partial charge in [0.25, 0.3) is 0 Å². The molecule has 0 spiro atoms. The van der Waals surface area contributed by atoms with Gasteiger partial charge < -0.3 is 10.4 Å². The van der Waals surface area contributed by atoms with E-state index in [9.17, 15) is 9.59 Å². The number of hydrogen-bond donors (Lipinski definition) is 3. The molecular formula is C8H10N8O3. The zero-order valence-corrected chi connectivity index (χ0v) is 9.81. The molecule has 100 valence electrons. The van der Waals surface area contributed by atoms with E-state index in [1.165, 1.54) is 6.20 Å². The monoisotopic (exact) mass is 266 g/mol. The Bertz CT molecular complexity index is 577. The van der Waals surface area contributed by atoms with Crippen LogP contribution in [0.3, 0.4) is 0 Å². The standard InChI is InChI=1S/C8H10N8O3/c1-4(7-11-13-14-12-7)9-6(17)3-16-2-5(8(18)19)10-15-16/h2,4H,3H2,1H3,(H,9,17)(H,18,19)(H,11,12,13,14). The summed E-state index contributed by atoms with van der Waals surface area (Å²) in [5.74, 6) is -1.23. The molecule has 1 atom stereocenters. The van der Waals surface area contributed by atoms with Crippen molar-refractivity contribution >= 4 is 11.9 Å². The summed E-state index contributed by atoms with van der Waals surface area (Å²) in [4.78, 5) is 22.3. The van der Waals surface area contributed by atoms with Gasteiger partial charge in [0.15, 0.2) is 11.5 Å². The highest BCUT2D eigenvalue weighted by atomic mass is 16.4. The van der Waals surface area contributed by atoms with E-state index >= 15 is 0 Å². The summed E-state index contributed by atoms with van der Waals surface area (Å²) in [5, 5.41) is 31.3. The maximum atomic E-state index is 11.7. The van der Waals surface area contributed by atoms with Crippen LogP contribution in [0, 0.1) is 0 Å². The van der Waals surface area contributed by atoms with Crippen LogP contribution in [-0.2, 0) is 11.3 Å². The van der Waals surface area contributed by atoms with Gasteiger partial charge in [-0.05, 0) is 6.92 Å². The SMILES string of the molecule is CC(NC(=O)Cn1cc(C(=O)O)nn1)c1nn[nH]n1. The molecule has 0 bridgehead atoms. The first kappa shape index (κ1) is 12.6. The first-order chi connectivity index (χ1) is 9.06. The molecule has 0 saturated heterocycles. The predicted octanol–water partition coefficient (Wildman–Crippen LogP) is -1.63. The van der Waals surface area contributed by atoms with E-state index in [1.807, 2.05) is 0 Å². The number of hydrogen-bond acceptors (Lipinski definition) is 7. The smallest absolute Gasteiger partial charge is 0.358 e. The molecule has 0 radical (unpaired) electrons. The second kappa shape index (κ2) is 5.20. The lowest BCUT2D eigenvalue weighted by atomic mass is 10.3. The van der Waals surface area contributed by atoms with E-state index in [4.69, 9.17) is 5.11 Å². The van der Waals surface area contributed by atoms with Gasteiger partial charge in [0.1, 0.15) is 6.54 Å². The number of aromatic amines is 1. The summed E-state index contributed by atoms with van der Waals surface area (Å²) in [7, 11) is 0. The van der Waals surface area contributed by atoms with E-state index in [1.54, 1.807) is 6.92 Å². The Morgan fingerprint density at radius 1 is 1.53 bits per heavy atom. The van der Waals surface area contributed by atoms with Gasteiger partial charge in [-0.3, -0.25) is 4.79 Å². The molecule has 1 amide bonds. The zero-order chi connectivity index (χ0) is 13.8. The molecule has 2 rings (SSSR count). The number of aromatic carboxylic acids is 1. The molecule has 19 heavy (non-hydrogen) atoms. The van der Waals surface area contributed by atoms with E-state index in [2.05, 4.69) is 36.3 Å². The number of carbonyl (C=O) groups is 2. The van der Waals surface area contributed by atoms with Crippen LogP contribution in [0.25, 0.3) is 0 Å².